The monoisotopic (exact) mass is 493 g/mol. The van der Waals surface area contributed by atoms with E-state index in [2.05, 4.69) is 10.00 Å². The number of nitro groups is 1. The molecule has 2 aromatic heterocycles. The number of carbonyl (C=O) groups excluding carboxylic acids is 1. The number of aromatic nitrogens is 2. The van der Waals surface area contributed by atoms with Gasteiger partial charge in [-0.05, 0) is 46.6 Å². The summed E-state index contributed by atoms with van der Waals surface area (Å²) >= 11 is 13.6. The minimum Gasteiger partial charge on any atom is -0.358 e. The number of nitrogens with zero attached hydrogens (tertiary/aromatic N) is 5. The number of hydrogen-bond donors (Lipinski definition) is 0. The van der Waals surface area contributed by atoms with Gasteiger partial charge >= 0.3 is 5.82 Å². The number of aryl methyl sites for hydroxylation is 1. The van der Waals surface area contributed by atoms with Crippen molar-refractivity contribution in [2.24, 2.45) is 0 Å². The fourth-order valence-electron chi connectivity index (χ4n) is 3.64. The molecule has 11 heteroatoms. The third kappa shape index (κ3) is 5.12. The zero-order valence-corrected chi connectivity index (χ0v) is 19.7. The molecule has 1 saturated heterocycles. The van der Waals surface area contributed by atoms with Crippen molar-refractivity contribution in [3.63, 3.8) is 0 Å². The van der Waals surface area contributed by atoms with E-state index in [1.807, 2.05) is 28.5 Å². The van der Waals surface area contributed by atoms with E-state index in [-0.39, 0.29) is 11.7 Å². The average molecular weight is 494 g/mol. The number of hydrogen-bond acceptors (Lipinski definition) is 6. The third-order valence-corrected chi connectivity index (χ3v) is 6.97. The molecule has 3 aromatic rings. The Morgan fingerprint density at radius 2 is 1.91 bits per heavy atom. The number of amides is 1. The van der Waals surface area contributed by atoms with Gasteiger partial charge in [0.1, 0.15) is 0 Å². The minimum absolute atomic E-state index is 0.00796. The summed E-state index contributed by atoms with van der Waals surface area (Å²) < 4.78 is 1.58. The van der Waals surface area contributed by atoms with Gasteiger partial charge in [0, 0.05) is 42.8 Å². The van der Waals surface area contributed by atoms with Gasteiger partial charge in [-0.1, -0.05) is 29.3 Å². The highest BCUT2D eigenvalue weighted by molar-refractivity contribution is 7.12. The van der Waals surface area contributed by atoms with Gasteiger partial charge in [0.25, 0.3) is 5.91 Å². The molecule has 0 saturated carbocycles. The van der Waals surface area contributed by atoms with E-state index in [1.165, 1.54) is 17.4 Å². The fourth-order valence-corrected chi connectivity index (χ4v) is 4.98. The molecule has 1 aliphatic rings. The number of benzene rings is 1. The molecule has 32 heavy (non-hydrogen) atoms. The summed E-state index contributed by atoms with van der Waals surface area (Å²) in [6.07, 6.45) is 0. The first kappa shape index (κ1) is 22.7. The molecule has 0 N–H and O–H groups in total. The zero-order valence-electron chi connectivity index (χ0n) is 17.3. The first-order valence-corrected chi connectivity index (χ1v) is 11.7. The Labute approximate surface area is 199 Å². The van der Waals surface area contributed by atoms with Crippen LogP contribution >= 0.6 is 34.5 Å². The molecule has 0 atom stereocenters. The van der Waals surface area contributed by atoms with Crippen molar-refractivity contribution in [1.29, 1.82) is 0 Å². The Hall–Kier alpha value is -2.46. The first-order chi connectivity index (χ1) is 15.3. The molecule has 1 aliphatic heterocycles. The summed E-state index contributed by atoms with van der Waals surface area (Å²) in [4.78, 5) is 28.1. The van der Waals surface area contributed by atoms with Crippen LogP contribution in [0.1, 0.15) is 26.5 Å². The number of piperazine rings is 1. The molecule has 8 nitrogen and oxygen atoms in total. The molecule has 0 aliphatic carbocycles. The Morgan fingerprint density at radius 3 is 2.56 bits per heavy atom. The second-order valence-electron chi connectivity index (χ2n) is 7.68. The van der Waals surface area contributed by atoms with E-state index in [1.54, 1.807) is 17.7 Å². The lowest BCUT2D eigenvalue weighted by Gasteiger charge is -2.34. The van der Waals surface area contributed by atoms with Crippen molar-refractivity contribution < 1.29 is 9.72 Å². The van der Waals surface area contributed by atoms with Crippen LogP contribution in [0.5, 0.6) is 0 Å². The SMILES string of the molecule is Cc1cc([N+](=O)[O-])nn1Cc1csc(C(=O)N2CCN(Cc3ccc(Cl)cc3Cl)CC2)c1. The molecule has 0 unspecified atom stereocenters. The lowest BCUT2D eigenvalue weighted by atomic mass is 10.2. The molecule has 0 spiro atoms. The van der Waals surface area contributed by atoms with Crippen molar-refractivity contribution in [1.82, 2.24) is 19.6 Å². The summed E-state index contributed by atoms with van der Waals surface area (Å²) in [6.45, 7) is 5.69. The van der Waals surface area contributed by atoms with E-state index in [4.69, 9.17) is 23.2 Å². The van der Waals surface area contributed by atoms with E-state index in [0.717, 1.165) is 30.8 Å². The maximum absolute atomic E-state index is 13.0. The summed E-state index contributed by atoms with van der Waals surface area (Å²) in [5.41, 5.74) is 2.62. The van der Waals surface area contributed by atoms with Gasteiger partial charge in [-0.15, -0.1) is 11.3 Å². The zero-order chi connectivity index (χ0) is 22.8. The van der Waals surface area contributed by atoms with Crippen LogP contribution < -0.4 is 0 Å². The van der Waals surface area contributed by atoms with Gasteiger partial charge in [-0.3, -0.25) is 9.69 Å². The van der Waals surface area contributed by atoms with Crippen molar-refractivity contribution in [3.8, 4) is 0 Å². The highest BCUT2D eigenvalue weighted by Crippen LogP contribution is 2.24. The summed E-state index contributed by atoms with van der Waals surface area (Å²) in [5.74, 6) is -0.166. The normalized spacial score (nSPS) is 14.7. The number of thiophene rings is 1. The Kier molecular flexibility index (Phi) is 6.80. The molecule has 1 aromatic carbocycles. The van der Waals surface area contributed by atoms with Gasteiger partial charge in [0.15, 0.2) is 0 Å². The maximum Gasteiger partial charge on any atom is 0.390 e. The van der Waals surface area contributed by atoms with Crippen LogP contribution in [0.15, 0.2) is 35.7 Å². The van der Waals surface area contributed by atoms with E-state index in [9.17, 15) is 14.9 Å². The van der Waals surface area contributed by atoms with Crippen LogP contribution in [0.3, 0.4) is 0 Å². The lowest BCUT2D eigenvalue weighted by Crippen LogP contribution is -2.48. The summed E-state index contributed by atoms with van der Waals surface area (Å²) in [7, 11) is 0. The highest BCUT2D eigenvalue weighted by atomic mass is 35.5. The molecule has 168 valence electrons. The number of rotatable bonds is 6. The van der Waals surface area contributed by atoms with Gasteiger partial charge in [-0.25, -0.2) is 0 Å². The predicted octanol–water partition coefficient (Wildman–Crippen LogP) is 4.47. The van der Waals surface area contributed by atoms with Gasteiger partial charge in [0.2, 0.25) is 0 Å². The average Bonchev–Trinajstić information content (AvgIpc) is 3.37. The molecule has 1 fully saturated rings. The smallest absolute Gasteiger partial charge is 0.358 e. The maximum atomic E-state index is 13.0. The van der Waals surface area contributed by atoms with E-state index >= 15 is 0 Å². The molecule has 0 bridgehead atoms. The molecule has 4 rings (SSSR count). The van der Waals surface area contributed by atoms with Crippen LogP contribution in [-0.4, -0.2) is 56.6 Å². The van der Waals surface area contributed by atoms with Crippen molar-refractivity contribution in [2.45, 2.75) is 20.0 Å². The van der Waals surface area contributed by atoms with Crippen LogP contribution in [0.2, 0.25) is 10.0 Å². The van der Waals surface area contributed by atoms with Crippen LogP contribution in [0.25, 0.3) is 0 Å². The fraction of sp³-hybridized carbons (Fsp3) is 0.333. The molecular weight excluding hydrogens is 473 g/mol. The Bertz CT molecular complexity index is 1150. The van der Waals surface area contributed by atoms with E-state index in [0.29, 0.717) is 40.3 Å². The minimum atomic E-state index is -0.507. The van der Waals surface area contributed by atoms with Crippen LogP contribution in [-0.2, 0) is 13.1 Å². The Morgan fingerprint density at radius 1 is 1.16 bits per heavy atom. The first-order valence-electron chi connectivity index (χ1n) is 10.0. The topological polar surface area (TPSA) is 84.5 Å². The molecular formula is C21H21Cl2N5O3S. The number of halogens is 2. The predicted molar refractivity (Wildman–Crippen MR) is 125 cm³/mol. The second kappa shape index (κ2) is 9.58. The molecule has 1 amide bonds. The molecule has 0 radical (unpaired) electrons. The largest absolute Gasteiger partial charge is 0.390 e. The van der Waals surface area contributed by atoms with Crippen molar-refractivity contribution in [3.05, 3.63) is 77.6 Å². The van der Waals surface area contributed by atoms with E-state index < -0.39 is 4.92 Å². The molecule has 3 heterocycles. The third-order valence-electron chi connectivity index (χ3n) is 5.42. The van der Waals surface area contributed by atoms with Crippen LogP contribution in [0.4, 0.5) is 5.82 Å². The Balaban J connectivity index is 1.34. The summed E-state index contributed by atoms with van der Waals surface area (Å²) in [5, 5.41) is 18.1. The van der Waals surface area contributed by atoms with Gasteiger partial charge in [-0.2, -0.15) is 4.68 Å². The van der Waals surface area contributed by atoms with Crippen molar-refractivity contribution >= 4 is 46.3 Å². The summed E-state index contributed by atoms with van der Waals surface area (Å²) in [6, 6.07) is 8.80. The van der Waals surface area contributed by atoms with Gasteiger partial charge < -0.3 is 15.0 Å². The quantitative estimate of drug-likeness (QED) is 0.373. The van der Waals surface area contributed by atoms with Gasteiger partial charge in [0.05, 0.1) is 28.3 Å². The lowest BCUT2D eigenvalue weighted by molar-refractivity contribution is -0.389. The highest BCUT2D eigenvalue weighted by Gasteiger charge is 2.24. The van der Waals surface area contributed by atoms with Crippen molar-refractivity contribution in [2.75, 3.05) is 26.2 Å². The second-order valence-corrected chi connectivity index (χ2v) is 9.44. The van der Waals surface area contributed by atoms with Crippen LogP contribution in [0, 0.1) is 17.0 Å². The number of carbonyl (C=O) groups is 1. The standard InChI is InChI=1S/C21H21Cl2N5O3S/c1-14-8-20(28(30)31)24-27(14)11-15-9-19(32-13-15)21(29)26-6-4-25(5-7-26)12-16-2-3-17(22)10-18(16)23/h2-3,8-10,13H,4-7,11-12H2,1H3.